The van der Waals surface area contributed by atoms with Crippen molar-refractivity contribution in [1.82, 2.24) is 10.3 Å². The number of hydrogen-bond acceptors (Lipinski definition) is 5. The molecule has 0 spiro atoms. The van der Waals surface area contributed by atoms with Crippen molar-refractivity contribution in [3.8, 4) is 0 Å². The molecule has 0 atom stereocenters. The Kier molecular flexibility index (Phi) is 8.87. The van der Waals surface area contributed by atoms with Gasteiger partial charge in [0.25, 0.3) is 15.9 Å². The minimum Gasteiger partial charge on any atom is -0.351 e. The molecule has 4 aromatic rings. The summed E-state index contributed by atoms with van der Waals surface area (Å²) in [5.41, 5.74) is 2.66. The van der Waals surface area contributed by atoms with Crippen LogP contribution in [0.5, 0.6) is 0 Å². The fourth-order valence-electron chi connectivity index (χ4n) is 3.57. The lowest BCUT2D eigenvalue weighted by Crippen LogP contribution is -2.30. The van der Waals surface area contributed by atoms with Gasteiger partial charge in [-0.05, 0) is 67.1 Å². The largest absolute Gasteiger partial charge is 0.351 e. The van der Waals surface area contributed by atoms with Crippen LogP contribution >= 0.6 is 23.4 Å². The number of rotatable bonds is 10. The standard InChI is InChI=1S/C28H26ClN3O3S2/c1-21-8-14-26(15-9-21)37(34,35)32(25-6-4-5-24(29)19-25)20-22-10-12-23(13-11-22)28(33)31-17-18-36-27-7-2-3-16-30-27/h2-16,19H,17-18,20H2,1H3,(H,31,33). The predicted octanol–water partition coefficient (Wildman–Crippen LogP) is 5.96. The lowest BCUT2D eigenvalue weighted by atomic mass is 10.1. The summed E-state index contributed by atoms with van der Waals surface area (Å²) in [6.07, 6.45) is 1.74. The quantitative estimate of drug-likeness (QED) is 0.194. The van der Waals surface area contributed by atoms with E-state index >= 15 is 0 Å². The fraction of sp³-hybridized carbons (Fsp3) is 0.143. The van der Waals surface area contributed by atoms with Crippen molar-refractivity contribution in [2.24, 2.45) is 0 Å². The number of sulfonamides is 1. The topological polar surface area (TPSA) is 79.4 Å². The van der Waals surface area contributed by atoms with E-state index in [4.69, 9.17) is 11.6 Å². The lowest BCUT2D eigenvalue weighted by Gasteiger charge is -2.25. The Morgan fingerprint density at radius 1 is 0.973 bits per heavy atom. The van der Waals surface area contributed by atoms with E-state index in [0.29, 0.717) is 28.6 Å². The van der Waals surface area contributed by atoms with Crippen molar-refractivity contribution < 1.29 is 13.2 Å². The Hall–Kier alpha value is -3.33. The van der Waals surface area contributed by atoms with Crippen molar-refractivity contribution in [2.75, 3.05) is 16.6 Å². The third-order valence-electron chi connectivity index (χ3n) is 5.52. The number of carbonyl (C=O) groups is 1. The highest BCUT2D eigenvalue weighted by atomic mass is 35.5. The first-order valence-corrected chi connectivity index (χ1v) is 14.4. The summed E-state index contributed by atoms with van der Waals surface area (Å²) in [4.78, 5) is 17.0. The number of carbonyl (C=O) groups excluding carboxylic acids is 1. The van der Waals surface area contributed by atoms with Gasteiger partial charge in [-0.1, -0.05) is 53.6 Å². The molecule has 0 aliphatic heterocycles. The Balaban J connectivity index is 1.46. The number of amides is 1. The van der Waals surface area contributed by atoms with Gasteiger partial charge in [-0.2, -0.15) is 0 Å². The fourth-order valence-corrected chi connectivity index (χ4v) is 5.92. The van der Waals surface area contributed by atoms with Crippen LogP contribution in [0.4, 0.5) is 5.69 Å². The van der Waals surface area contributed by atoms with E-state index in [2.05, 4.69) is 10.3 Å². The molecule has 1 aromatic heterocycles. The normalized spacial score (nSPS) is 11.2. The SMILES string of the molecule is Cc1ccc(S(=O)(=O)N(Cc2ccc(C(=O)NCCSc3ccccn3)cc2)c2cccc(Cl)c2)cc1. The lowest BCUT2D eigenvalue weighted by molar-refractivity contribution is 0.0956. The summed E-state index contributed by atoms with van der Waals surface area (Å²) in [6, 6.07) is 26.1. The maximum atomic E-state index is 13.6. The Bertz CT molecular complexity index is 1450. The van der Waals surface area contributed by atoms with E-state index in [0.717, 1.165) is 16.2 Å². The summed E-state index contributed by atoms with van der Waals surface area (Å²) in [5.74, 6) is 0.513. The molecule has 4 rings (SSSR count). The van der Waals surface area contributed by atoms with Gasteiger partial charge in [-0.15, -0.1) is 11.8 Å². The van der Waals surface area contributed by atoms with Crippen LogP contribution in [0.2, 0.25) is 5.02 Å². The Labute approximate surface area is 226 Å². The van der Waals surface area contributed by atoms with Gasteiger partial charge in [0, 0.05) is 29.1 Å². The molecule has 37 heavy (non-hydrogen) atoms. The first-order chi connectivity index (χ1) is 17.8. The van der Waals surface area contributed by atoms with E-state index in [1.54, 1.807) is 90.8 Å². The minimum absolute atomic E-state index is 0.0825. The van der Waals surface area contributed by atoms with Crippen molar-refractivity contribution >= 4 is 45.0 Å². The van der Waals surface area contributed by atoms with Crippen molar-refractivity contribution in [1.29, 1.82) is 0 Å². The van der Waals surface area contributed by atoms with Crippen LogP contribution in [0.1, 0.15) is 21.5 Å². The molecular weight excluding hydrogens is 526 g/mol. The number of benzene rings is 3. The Morgan fingerprint density at radius 3 is 2.41 bits per heavy atom. The van der Waals surface area contributed by atoms with Crippen LogP contribution in [0.3, 0.4) is 0 Å². The van der Waals surface area contributed by atoms with Crippen LogP contribution in [0.15, 0.2) is 107 Å². The molecule has 1 amide bonds. The van der Waals surface area contributed by atoms with E-state index in [9.17, 15) is 13.2 Å². The van der Waals surface area contributed by atoms with Crippen LogP contribution < -0.4 is 9.62 Å². The van der Waals surface area contributed by atoms with Crippen LogP contribution in [-0.4, -0.2) is 31.6 Å². The molecule has 0 bridgehead atoms. The molecule has 0 saturated carbocycles. The minimum atomic E-state index is -3.86. The number of pyridine rings is 1. The average Bonchev–Trinajstić information content (AvgIpc) is 2.90. The zero-order chi connectivity index (χ0) is 26.3. The van der Waals surface area contributed by atoms with Gasteiger partial charge in [-0.3, -0.25) is 9.10 Å². The maximum Gasteiger partial charge on any atom is 0.264 e. The molecule has 0 aliphatic rings. The van der Waals surface area contributed by atoms with Gasteiger partial charge in [0.1, 0.15) is 0 Å². The Morgan fingerprint density at radius 2 is 1.73 bits per heavy atom. The molecule has 3 aromatic carbocycles. The number of hydrogen-bond donors (Lipinski definition) is 1. The highest BCUT2D eigenvalue weighted by Crippen LogP contribution is 2.28. The number of aryl methyl sites for hydroxylation is 1. The number of nitrogens with one attached hydrogen (secondary N) is 1. The highest BCUT2D eigenvalue weighted by molar-refractivity contribution is 7.99. The zero-order valence-electron chi connectivity index (χ0n) is 20.2. The van der Waals surface area contributed by atoms with E-state index < -0.39 is 10.0 Å². The average molecular weight is 552 g/mol. The summed E-state index contributed by atoms with van der Waals surface area (Å²) in [6.45, 7) is 2.49. The maximum absolute atomic E-state index is 13.6. The van der Waals surface area contributed by atoms with E-state index in [-0.39, 0.29) is 17.3 Å². The second-order valence-electron chi connectivity index (χ2n) is 8.27. The monoisotopic (exact) mass is 551 g/mol. The molecule has 0 unspecified atom stereocenters. The molecule has 190 valence electrons. The van der Waals surface area contributed by atoms with Crippen molar-refractivity contribution in [2.45, 2.75) is 23.4 Å². The van der Waals surface area contributed by atoms with Gasteiger partial charge in [0.15, 0.2) is 0 Å². The number of halogens is 1. The molecular formula is C28H26ClN3O3S2. The molecule has 0 aliphatic carbocycles. The smallest absolute Gasteiger partial charge is 0.264 e. The second kappa shape index (κ2) is 12.3. The second-order valence-corrected chi connectivity index (χ2v) is 11.7. The van der Waals surface area contributed by atoms with Crippen molar-refractivity contribution in [3.05, 3.63) is 119 Å². The van der Waals surface area contributed by atoms with E-state index in [1.165, 1.54) is 4.31 Å². The number of anilines is 1. The molecule has 0 saturated heterocycles. The molecule has 1 heterocycles. The predicted molar refractivity (Wildman–Crippen MR) is 150 cm³/mol. The molecule has 0 fully saturated rings. The third kappa shape index (κ3) is 7.13. The first-order valence-electron chi connectivity index (χ1n) is 11.6. The van der Waals surface area contributed by atoms with Crippen LogP contribution in [0, 0.1) is 6.92 Å². The molecule has 6 nitrogen and oxygen atoms in total. The van der Waals surface area contributed by atoms with Gasteiger partial charge < -0.3 is 5.32 Å². The number of nitrogens with zero attached hydrogens (tertiary/aromatic N) is 2. The number of thioether (sulfide) groups is 1. The first kappa shape index (κ1) is 26.7. The van der Waals surface area contributed by atoms with Crippen LogP contribution in [-0.2, 0) is 16.6 Å². The van der Waals surface area contributed by atoms with E-state index in [1.807, 2.05) is 25.1 Å². The third-order valence-corrected chi connectivity index (χ3v) is 8.49. The van der Waals surface area contributed by atoms with Crippen LogP contribution in [0.25, 0.3) is 0 Å². The van der Waals surface area contributed by atoms with Gasteiger partial charge >= 0.3 is 0 Å². The number of aromatic nitrogens is 1. The molecule has 1 N–H and O–H groups in total. The highest BCUT2D eigenvalue weighted by Gasteiger charge is 2.25. The summed E-state index contributed by atoms with van der Waals surface area (Å²) < 4.78 is 28.5. The molecule has 0 radical (unpaired) electrons. The zero-order valence-corrected chi connectivity index (χ0v) is 22.6. The van der Waals surface area contributed by atoms with Crippen molar-refractivity contribution in [3.63, 3.8) is 0 Å². The van der Waals surface area contributed by atoms with Gasteiger partial charge in [0.2, 0.25) is 0 Å². The van der Waals surface area contributed by atoms with Gasteiger partial charge in [0.05, 0.1) is 22.2 Å². The summed E-state index contributed by atoms with van der Waals surface area (Å²) in [7, 11) is -3.86. The van der Waals surface area contributed by atoms with Gasteiger partial charge in [-0.25, -0.2) is 13.4 Å². The molecule has 9 heteroatoms. The summed E-state index contributed by atoms with van der Waals surface area (Å²) >= 11 is 7.75. The summed E-state index contributed by atoms with van der Waals surface area (Å²) in [5, 5.41) is 4.25.